The van der Waals surface area contributed by atoms with Crippen LogP contribution in [0.3, 0.4) is 0 Å². The van der Waals surface area contributed by atoms with E-state index in [0.717, 1.165) is 21.7 Å². The van der Waals surface area contributed by atoms with E-state index in [1.54, 1.807) is 0 Å². The van der Waals surface area contributed by atoms with Crippen molar-refractivity contribution in [3.05, 3.63) is 27.6 Å². The van der Waals surface area contributed by atoms with E-state index in [2.05, 4.69) is 31.2 Å². The SMILES string of the molecule is Cc1nn(Cc2nc(C(C)C)no2)c(C)c1Br. The summed E-state index contributed by atoms with van der Waals surface area (Å²) in [5.74, 6) is 1.60. The molecule has 0 amide bonds. The lowest BCUT2D eigenvalue weighted by molar-refractivity contribution is 0.358. The largest absolute Gasteiger partial charge is 0.337 e. The molecular formula is C11H15BrN4O. The molecule has 0 atom stereocenters. The predicted octanol–water partition coefficient (Wildman–Crippen LogP) is 2.82. The van der Waals surface area contributed by atoms with Crippen LogP contribution in [0.15, 0.2) is 9.00 Å². The summed E-state index contributed by atoms with van der Waals surface area (Å²) in [6, 6.07) is 0. The van der Waals surface area contributed by atoms with Crippen LogP contribution in [0.4, 0.5) is 0 Å². The van der Waals surface area contributed by atoms with Gasteiger partial charge in [-0.2, -0.15) is 10.1 Å². The lowest BCUT2D eigenvalue weighted by Crippen LogP contribution is -2.04. The maximum atomic E-state index is 5.20. The molecule has 0 aliphatic rings. The van der Waals surface area contributed by atoms with Crippen molar-refractivity contribution < 1.29 is 4.52 Å². The highest BCUT2D eigenvalue weighted by Crippen LogP contribution is 2.20. The number of nitrogens with zero attached hydrogens (tertiary/aromatic N) is 4. The maximum absolute atomic E-state index is 5.20. The molecule has 0 radical (unpaired) electrons. The van der Waals surface area contributed by atoms with E-state index in [1.165, 1.54) is 0 Å². The average Bonchev–Trinajstić information content (AvgIpc) is 2.82. The van der Waals surface area contributed by atoms with E-state index in [-0.39, 0.29) is 5.92 Å². The standard InChI is InChI=1S/C11H15BrN4O/c1-6(2)11-13-9(17-15-11)5-16-8(4)10(12)7(3)14-16/h6H,5H2,1-4H3. The number of hydrogen-bond acceptors (Lipinski definition) is 4. The predicted molar refractivity (Wildman–Crippen MR) is 66.9 cm³/mol. The van der Waals surface area contributed by atoms with Gasteiger partial charge in [-0.15, -0.1) is 0 Å². The highest BCUT2D eigenvalue weighted by molar-refractivity contribution is 9.10. The molecule has 0 aromatic carbocycles. The molecule has 0 saturated carbocycles. The van der Waals surface area contributed by atoms with Gasteiger partial charge in [-0.3, -0.25) is 4.68 Å². The fourth-order valence-corrected chi connectivity index (χ4v) is 1.81. The minimum Gasteiger partial charge on any atom is -0.337 e. The van der Waals surface area contributed by atoms with E-state index in [4.69, 9.17) is 4.52 Å². The Morgan fingerprint density at radius 2 is 2.06 bits per heavy atom. The molecule has 5 nitrogen and oxygen atoms in total. The van der Waals surface area contributed by atoms with E-state index in [1.807, 2.05) is 32.4 Å². The molecule has 2 aromatic rings. The Balaban J connectivity index is 2.22. The molecule has 0 spiro atoms. The molecule has 0 aliphatic carbocycles. The van der Waals surface area contributed by atoms with Crippen LogP contribution < -0.4 is 0 Å². The van der Waals surface area contributed by atoms with Gasteiger partial charge in [0.15, 0.2) is 5.82 Å². The Hall–Kier alpha value is -1.17. The molecule has 92 valence electrons. The van der Waals surface area contributed by atoms with Gasteiger partial charge in [-0.05, 0) is 29.8 Å². The highest BCUT2D eigenvalue weighted by atomic mass is 79.9. The van der Waals surface area contributed by atoms with Crippen molar-refractivity contribution in [3.8, 4) is 0 Å². The first-order valence-corrected chi connectivity index (χ1v) is 6.30. The van der Waals surface area contributed by atoms with Crippen LogP contribution in [0.2, 0.25) is 0 Å². The molecule has 2 aromatic heterocycles. The summed E-state index contributed by atoms with van der Waals surface area (Å²) in [5, 5.41) is 8.33. The summed E-state index contributed by atoms with van der Waals surface area (Å²) in [6.07, 6.45) is 0. The van der Waals surface area contributed by atoms with Crippen molar-refractivity contribution in [2.45, 2.75) is 40.2 Å². The minimum atomic E-state index is 0.277. The lowest BCUT2D eigenvalue weighted by Gasteiger charge is -1.99. The monoisotopic (exact) mass is 298 g/mol. The average molecular weight is 299 g/mol. The van der Waals surface area contributed by atoms with Crippen LogP contribution in [-0.2, 0) is 6.54 Å². The van der Waals surface area contributed by atoms with Crippen LogP contribution in [0.1, 0.15) is 42.9 Å². The summed E-state index contributed by atoms with van der Waals surface area (Å²) in [5.41, 5.74) is 2.03. The molecule has 6 heteroatoms. The van der Waals surface area contributed by atoms with Crippen molar-refractivity contribution in [2.24, 2.45) is 0 Å². The van der Waals surface area contributed by atoms with E-state index in [0.29, 0.717) is 12.4 Å². The zero-order valence-electron chi connectivity index (χ0n) is 10.4. The molecule has 0 unspecified atom stereocenters. The van der Waals surface area contributed by atoms with Crippen LogP contribution in [0.25, 0.3) is 0 Å². The third-order valence-corrected chi connectivity index (χ3v) is 3.73. The van der Waals surface area contributed by atoms with Gasteiger partial charge in [0.05, 0.1) is 15.9 Å². The molecule has 17 heavy (non-hydrogen) atoms. The van der Waals surface area contributed by atoms with Crippen LogP contribution in [0, 0.1) is 13.8 Å². The number of halogens is 1. The lowest BCUT2D eigenvalue weighted by atomic mass is 10.2. The second-order valence-electron chi connectivity index (χ2n) is 4.34. The third-order valence-electron chi connectivity index (χ3n) is 2.58. The van der Waals surface area contributed by atoms with E-state index >= 15 is 0 Å². The second-order valence-corrected chi connectivity index (χ2v) is 5.14. The van der Waals surface area contributed by atoms with Gasteiger partial charge in [0, 0.05) is 5.92 Å². The summed E-state index contributed by atoms with van der Waals surface area (Å²) < 4.78 is 8.08. The Bertz CT molecular complexity index is 530. The summed E-state index contributed by atoms with van der Waals surface area (Å²) in [7, 11) is 0. The van der Waals surface area contributed by atoms with Crippen molar-refractivity contribution in [1.82, 2.24) is 19.9 Å². The number of rotatable bonds is 3. The molecule has 0 aliphatic heterocycles. The molecule has 0 fully saturated rings. The van der Waals surface area contributed by atoms with Crippen LogP contribution >= 0.6 is 15.9 Å². The number of aryl methyl sites for hydroxylation is 1. The van der Waals surface area contributed by atoms with Gasteiger partial charge >= 0.3 is 0 Å². The van der Waals surface area contributed by atoms with Gasteiger partial charge in [0.2, 0.25) is 5.89 Å². The molecule has 2 heterocycles. The number of aromatic nitrogens is 4. The smallest absolute Gasteiger partial charge is 0.248 e. The van der Waals surface area contributed by atoms with E-state index < -0.39 is 0 Å². The van der Waals surface area contributed by atoms with E-state index in [9.17, 15) is 0 Å². The zero-order valence-corrected chi connectivity index (χ0v) is 11.9. The van der Waals surface area contributed by atoms with Gasteiger partial charge in [0.1, 0.15) is 6.54 Å². The Morgan fingerprint density at radius 1 is 1.35 bits per heavy atom. The normalized spacial score (nSPS) is 11.4. The molecule has 2 rings (SSSR count). The van der Waals surface area contributed by atoms with Gasteiger partial charge in [-0.25, -0.2) is 0 Å². The second kappa shape index (κ2) is 4.60. The molecule has 0 saturated heterocycles. The Kier molecular flexibility index (Phi) is 3.33. The molecule has 0 N–H and O–H groups in total. The zero-order chi connectivity index (χ0) is 12.6. The van der Waals surface area contributed by atoms with Crippen molar-refractivity contribution >= 4 is 15.9 Å². The van der Waals surface area contributed by atoms with Crippen molar-refractivity contribution in [1.29, 1.82) is 0 Å². The quantitative estimate of drug-likeness (QED) is 0.874. The van der Waals surface area contributed by atoms with Gasteiger partial charge < -0.3 is 4.52 Å². The maximum Gasteiger partial charge on any atom is 0.248 e. The van der Waals surface area contributed by atoms with Crippen LogP contribution in [0.5, 0.6) is 0 Å². The van der Waals surface area contributed by atoms with Gasteiger partial charge in [0.25, 0.3) is 0 Å². The van der Waals surface area contributed by atoms with Crippen molar-refractivity contribution in [3.63, 3.8) is 0 Å². The Labute approximate surface area is 108 Å². The first-order valence-electron chi connectivity index (χ1n) is 5.51. The topological polar surface area (TPSA) is 56.7 Å². The van der Waals surface area contributed by atoms with Crippen molar-refractivity contribution in [2.75, 3.05) is 0 Å². The minimum absolute atomic E-state index is 0.277. The van der Waals surface area contributed by atoms with Crippen LogP contribution in [-0.4, -0.2) is 19.9 Å². The van der Waals surface area contributed by atoms with Gasteiger partial charge in [-0.1, -0.05) is 19.0 Å². The molecule has 0 bridgehead atoms. The summed E-state index contributed by atoms with van der Waals surface area (Å²) in [4.78, 5) is 4.33. The summed E-state index contributed by atoms with van der Waals surface area (Å²) >= 11 is 3.49. The third kappa shape index (κ3) is 2.41. The first kappa shape index (κ1) is 12.3. The highest BCUT2D eigenvalue weighted by Gasteiger charge is 2.13. The molecular weight excluding hydrogens is 284 g/mol. The summed E-state index contributed by atoms with van der Waals surface area (Å²) in [6.45, 7) is 8.55. The fraction of sp³-hybridized carbons (Fsp3) is 0.545. The Morgan fingerprint density at radius 3 is 2.53 bits per heavy atom. The first-order chi connectivity index (χ1) is 7.99. The number of hydrogen-bond donors (Lipinski definition) is 0. The fourth-order valence-electron chi connectivity index (χ4n) is 1.52.